The number of nitrogens with one attached hydrogen (secondary N) is 1. The number of esters is 7. The molecule has 2 heterocycles. The summed E-state index contributed by atoms with van der Waals surface area (Å²) in [6, 6.07) is 25.7. The van der Waals surface area contributed by atoms with E-state index in [9.17, 15) is 109 Å². The Kier molecular flexibility index (Phi) is 44.7. The zero-order chi connectivity index (χ0) is 96.7. The first-order chi connectivity index (χ1) is 59.6. The highest BCUT2D eigenvalue weighted by Crippen LogP contribution is 2.41. The Morgan fingerprint density at radius 2 is 0.929 bits per heavy atom. The number of phenols is 3. The summed E-state index contributed by atoms with van der Waals surface area (Å²) in [6.07, 6.45) is 2.51. The SMILES string of the molecule is BrCCBr.CC(C)(C)OC(N)=O.COC(=O)c1cc(O)c(N)c([N+](=O)[O-])c1.COC(=O)c1cc(OC)c(CC(=O)OC(C)(C)C)c([N+](=O)[O-])c1.COC(=O)c1cc(OC)c(Cl)c([N+](=O)[O-])c1.COC(=O)c1cc(OC)c(O)c([N+](=O)[O-])c1.COC(=O)c1cc2c(c([N+](=O)[O-])c1)NCCO2.COC(=O)c1ccc(O)c(OC)c1.O=Cc1cc2ccccc2n1CC1CC1. The first kappa shape index (κ1) is 109. The lowest BCUT2D eigenvalue weighted by atomic mass is 10.0. The van der Waals surface area contributed by atoms with Gasteiger partial charge in [-0.05, 0) is 121 Å². The Hall–Kier alpha value is -14.4. The van der Waals surface area contributed by atoms with Gasteiger partial charge < -0.3 is 98.3 Å². The van der Waals surface area contributed by atoms with Crippen molar-refractivity contribution in [3.63, 3.8) is 0 Å². The molecule has 1 fully saturated rings. The molecule has 7 aromatic carbocycles. The van der Waals surface area contributed by atoms with E-state index in [0.29, 0.717) is 30.2 Å². The van der Waals surface area contributed by atoms with Gasteiger partial charge in [0.05, 0.1) is 147 Å². The summed E-state index contributed by atoms with van der Waals surface area (Å²) in [5.74, 6) is -4.57. The Balaban J connectivity index is 0.000000493. The van der Waals surface area contributed by atoms with Crippen molar-refractivity contribution in [3.8, 4) is 46.0 Å². The van der Waals surface area contributed by atoms with Crippen molar-refractivity contribution in [2.45, 2.75) is 78.6 Å². The monoisotopic (exact) mass is 1930 g/mol. The number of carbonyl (C=O) groups is 9. The van der Waals surface area contributed by atoms with E-state index >= 15 is 0 Å². The van der Waals surface area contributed by atoms with Crippen molar-refractivity contribution in [3.05, 3.63) is 209 Å². The fourth-order valence-corrected chi connectivity index (χ4v) is 10.3. The fourth-order valence-electron chi connectivity index (χ4n) is 10.1. The highest BCUT2D eigenvalue weighted by Gasteiger charge is 2.31. The fraction of sp³-hybridized carbons (Fsp3) is 0.338. The number of amides is 1. The third-order valence-corrected chi connectivity index (χ3v) is 18.0. The van der Waals surface area contributed by atoms with E-state index in [1.807, 2.05) is 18.2 Å². The average Bonchev–Trinajstić information content (AvgIpc) is 1.71. The van der Waals surface area contributed by atoms with Crippen molar-refractivity contribution in [2.24, 2.45) is 11.7 Å². The lowest BCUT2D eigenvalue weighted by Crippen LogP contribution is -2.27. The molecule has 1 saturated carbocycles. The second-order valence-corrected chi connectivity index (χ2v) is 28.9. The Morgan fingerprint density at radius 3 is 1.35 bits per heavy atom. The minimum Gasteiger partial charge on any atom is -0.505 e. The number of aromatic hydroxyl groups is 3. The Labute approximate surface area is 745 Å². The van der Waals surface area contributed by atoms with E-state index in [1.165, 1.54) is 116 Å². The normalized spacial score (nSPS) is 11.0. The van der Waals surface area contributed by atoms with E-state index in [0.717, 1.165) is 92.8 Å². The number of nitro benzene ring substituents is 5. The van der Waals surface area contributed by atoms with Gasteiger partial charge >= 0.3 is 53.6 Å². The zero-order valence-electron chi connectivity index (χ0n) is 71.1. The summed E-state index contributed by atoms with van der Waals surface area (Å²) in [5, 5.41) is 87.8. The summed E-state index contributed by atoms with van der Waals surface area (Å²) >= 11 is 12.1. The number of nitrogens with zero attached hydrogens (tertiary/aromatic N) is 6. The van der Waals surface area contributed by atoms with Crippen LogP contribution in [0.1, 0.15) is 133 Å². The molecule has 0 atom stereocenters. The van der Waals surface area contributed by atoms with Crippen LogP contribution in [0.25, 0.3) is 10.9 Å². The van der Waals surface area contributed by atoms with Crippen LogP contribution >= 0.6 is 43.5 Å². The molecule has 47 heteroatoms. The van der Waals surface area contributed by atoms with Gasteiger partial charge in [-0.3, -0.25) is 60.2 Å². The highest BCUT2D eigenvalue weighted by molar-refractivity contribution is 9.11. The van der Waals surface area contributed by atoms with Gasteiger partial charge in [0.15, 0.2) is 39.9 Å². The van der Waals surface area contributed by atoms with Gasteiger partial charge in [-0.1, -0.05) is 61.7 Å². The maximum Gasteiger partial charge on any atom is 0.405 e. The molecule has 2 aliphatic rings. The second-order valence-electron chi connectivity index (χ2n) is 26.9. The van der Waals surface area contributed by atoms with Crippen LogP contribution in [-0.4, -0.2) is 205 Å². The lowest BCUT2D eigenvalue weighted by Gasteiger charge is -2.20. The topological polar surface area (TPSA) is 619 Å². The molecule has 1 aliphatic heterocycles. The maximum absolute atomic E-state index is 12.0. The van der Waals surface area contributed by atoms with Gasteiger partial charge in [0.2, 0.25) is 5.75 Å². The number of hydrogen-bond acceptors (Lipinski definition) is 37. The number of fused-ring (bicyclic) bond motifs is 2. The largest absolute Gasteiger partial charge is 0.505 e. The first-order valence-electron chi connectivity index (χ1n) is 36.2. The van der Waals surface area contributed by atoms with Gasteiger partial charge in [-0.15, -0.1) is 0 Å². The molecule has 0 spiro atoms. The van der Waals surface area contributed by atoms with Crippen LogP contribution in [0.15, 0.2) is 109 Å². The molecule has 0 saturated heterocycles. The number of rotatable bonds is 21. The number of halogens is 3. The van der Waals surface area contributed by atoms with Gasteiger partial charge in [-0.25, -0.2) is 33.6 Å². The van der Waals surface area contributed by atoms with Crippen LogP contribution in [0.4, 0.5) is 44.6 Å². The summed E-state index contributed by atoms with van der Waals surface area (Å²) in [5.41, 5.74) is 8.83. The number of methoxy groups -OCH3 is 10. The number of primary amides is 1. The van der Waals surface area contributed by atoms with E-state index in [-0.39, 0.29) is 84.9 Å². The van der Waals surface area contributed by atoms with Crippen molar-refractivity contribution in [1.29, 1.82) is 0 Å². The van der Waals surface area contributed by atoms with Crippen molar-refractivity contribution in [1.82, 2.24) is 4.57 Å². The van der Waals surface area contributed by atoms with E-state index in [2.05, 4.69) is 87.0 Å². The number of alkyl halides is 2. The number of carbonyl (C=O) groups excluding carboxylic acids is 9. The molecule has 127 heavy (non-hydrogen) atoms. The average molecular weight is 1930 g/mol. The third kappa shape index (κ3) is 34.7. The molecule has 688 valence electrons. The number of anilines is 2. The number of nitro groups is 5. The molecule has 0 unspecified atom stereocenters. The molecule has 1 aromatic heterocycles. The van der Waals surface area contributed by atoms with Gasteiger partial charge in [0.1, 0.15) is 40.8 Å². The van der Waals surface area contributed by atoms with Crippen LogP contribution in [0.5, 0.6) is 46.0 Å². The molecule has 0 bridgehead atoms. The van der Waals surface area contributed by atoms with Crippen LogP contribution < -0.4 is 40.5 Å². The molecular formula is C80H92Br2ClN9O35. The number of nitrogen functional groups attached to an aromatic ring is 1. The predicted octanol–water partition coefficient (Wildman–Crippen LogP) is 14.0. The third-order valence-electron chi connectivity index (χ3n) is 15.8. The van der Waals surface area contributed by atoms with Gasteiger partial charge in [0, 0.05) is 65.0 Å². The number of para-hydroxylation sites is 1. The standard InChI is InChI=1S/C15H19NO7.C13H13NO.C10H10N2O5.C9H8ClNO5.C9H9NO6.C9H10O4.C8H8N2O5.C5H11NO2.C2H4Br2/c1-15(2,3)23-13(17)8-10-11(16(19)20)6-9(14(18)22-5)7-12(10)21-4;15-9-12-7-11-3-1-2-4-13(11)14(12)8-10-5-6-10;1-16-10(13)6-4-7(12(14)15)9-8(5-6)17-3-2-11-9;1-15-7-4-5(9(12)16-2)3-6(8(7)10)11(13)14;1-15-7-4-5(9(12)16-2)3-6(8(7)11)10(13)14;1-12-8-5-6(9(11)13-2)3-4-7(8)10;1-15-8(12)4-2-5(10(13)14)7(9)6(11)3-4;1-5(2,3)8-4(6)7;3-1-2-4/h6-7H,8H2,1-5H3;1-4,7,9-10H,5-6,8H2;4-5,11H,2-3H2,1H3;3-4H,1-2H3;3-4,11H,1-2H3;3-5,10H,1-2H3;2-3,11H,9H2,1H3;1-3H3,(H2,6,7);1-2H2. The van der Waals surface area contributed by atoms with Gasteiger partial charge in [-0.2, -0.15) is 0 Å². The van der Waals surface area contributed by atoms with Crippen LogP contribution in [0, 0.1) is 56.5 Å². The van der Waals surface area contributed by atoms with E-state index in [4.69, 9.17) is 51.5 Å². The van der Waals surface area contributed by atoms with Gasteiger partial charge in [0.25, 0.3) is 22.7 Å². The summed E-state index contributed by atoms with van der Waals surface area (Å²) < 4.78 is 63.4. The summed E-state index contributed by atoms with van der Waals surface area (Å²) in [6.45, 7) is 12.2. The first-order valence-corrected chi connectivity index (χ1v) is 38.8. The van der Waals surface area contributed by atoms with Crippen LogP contribution in [0.3, 0.4) is 0 Å². The molecular weight excluding hydrogens is 1840 g/mol. The predicted molar refractivity (Wildman–Crippen MR) is 462 cm³/mol. The highest BCUT2D eigenvalue weighted by atomic mass is 79.9. The van der Waals surface area contributed by atoms with Crippen LogP contribution in [0.2, 0.25) is 5.02 Å². The number of aldehydes is 1. The molecule has 10 rings (SSSR count). The minimum atomic E-state index is -0.815. The minimum absolute atomic E-state index is 0.00449. The zero-order valence-corrected chi connectivity index (χ0v) is 75.0. The summed E-state index contributed by atoms with van der Waals surface area (Å²) in [7, 11) is 12.3. The maximum atomic E-state index is 12.0. The van der Waals surface area contributed by atoms with E-state index in [1.54, 1.807) is 41.5 Å². The Morgan fingerprint density at radius 1 is 0.520 bits per heavy atom. The molecule has 8 N–H and O–H groups in total. The molecule has 44 nitrogen and oxygen atoms in total. The molecule has 8 aromatic rings. The number of ether oxygens (including phenoxy) is 13. The molecule has 1 aliphatic carbocycles. The Bertz CT molecular complexity index is 5200. The van der Waals surface area contributed by atoms with Crippen LogP contribution in [-0.2, 0) is 55.7 Å². The number of phenolic OH excluding ortho intramolecular Hbond substituents is 3. The quantitative estimate of drug-likeness (QED) is 0.00569. The number of aromatic nitrogens is 1. The lowest BCUT2D eigenvalue weighted by molar-refractivity contribution is -0.386. The van der Waals surface area contributed by atoms with E-state index < -0.39 is 118 Å². The van der Waals surface area contributed by atoms with Crippen molar-refractivity contribution < 1.29 is 145 Å². The number of benzene rings is 7. The smallest absolute Gasteiger partial charge is 0.405 e. The number of hydrogen-bond donors (Lipinski definition) is 6. The molecule has 0 radical (unpaired) electrons. The molecule has 1 amide bonds. The summed E-state index contributed by atoms with van der Waals surface area (Å²) in [4.78, 5) is 151. The second kappa shape index (κ2) is 52.2. The van der Waals surface area contributed by atoms with Crippen molar-refractivity contribution >= 4 is 148 Å². The number of nitrogens with two attached hydrogens (primary N) is 2. The van der Waals surface area contributed by atoms with Crippen molar-refractivity contribution in [2.75, 3.05) is 106 Å².